The molecule has 0 aliphatic rings. The van der Waals surface area contributed by atoms with Crippen LogP contribution in [0.1, 0.15) is 36.5 Å². The number of hydrogen-bond donors (Lipinski definition) is 2. The van der Waals surface area contributed by atoms with Crippen molar-refractivity contribution < 1.29 is 24.2 Å². The molecule has 0 saturated carbocycles. The van der Waals surface area contributed by atoms with E-state index in [1.807, 2.05) is 6.92 Å². The molecule has 0 aromatic heterocycles. The highest BCUT2D eigenvalue weighted by molar-refractivity contribution is 5.99. The predicted octanol–water partition coefficient (Wildman–Crippen LogP) is 1.53. The number of likely N-dealkylation sites (N-methyl/N-ethyl adjacent to an activating group) is 1. The summed E-state index contributed by atoms with van der Waals surface area (Å²) in [6.45, 7) is 1.75. The van der Waals surface area contributed by atoms with Crippen LogP contribution in [0.25, 0.3) is 0 Å². The summed E-state index contributed by atoms with van der Waals surface area (Å²) in [4.78, 5) is 36.6. The van der Waals surface area contributed by atoms with Crippen molar-refractivity contribution in [3.63, 3.8) is 0 Å². The van der Waals surface area contributed by atoms with E-state index in [9.17, 15) is 19.5 Å². The number of hydrogen-bond acceptors (Lipinski definition) is 4. The second kappa shape index (κ2) is 9.54. The first-order valence-corrected chi connectivity index (χ1v) is 7.82. The van der Waals surface area contributed by atoms with Gasteiger partial charge in [0.05, 0.1) is 5.56 Å². The average Bonchev–Trinajstić information content (AvgIpc) is 2.56. The fraction of sp³-hybridized carbons (Fsp3) is 0.471. The Morgan fingerprint density at radius 3 is 2.50 bits per heavy atom. The molecule has 0 heterocycles. The number of carbonyl (C=O) groups is 3. The third-order valence-corrected chi connectivity index (χ3v) is 3.43. The fourth-order valence-electron chi connectivity index (χ4n) is 1.95. The normalized spacial score (nSPS) is 11.5. The Bertz CT molecular complexity index is 586. The van der Waals surface area contributed by atoms with Crippen LogP contribution in [-0.2, 0) is 9.59 Å². The zero-order chi connectivity index (χ0) is 18.1. The van der Waals surface area contributed by atoms with Gasteiger partial charge in [-0.2, -0.15) is 0 Å². The van der Waals surface area contributed by atoms with Crippen molar-refractivity contribution >= 4 is 17.8 Å². The van der Waals surface area contributed by atoms with E-state index in [1.165, 1.54) is 11.0 Å². The molecule has 2 N–H and O–H groups in total. The molecule has 1 rings (SSSR count). The van der Waals surface area contributed by atoms with Crippen LogP contribution in [0, 0.1) is 0 Å². The second-order valence-electron chi connectivity index (χ2n) is 5.58. The number of rotatable bonds is 9. The van der Waals surface area contributed by atoms with Gasteiger partial charge >= 0.3 is 5.97 Å². The molecule has 2 amide bonds. The maximum absolute atomic E-state index is 12.4. The summed E-state index contributed by atoms with van der Waals surface area (Å²) in [5.41, 5.74) is 0.201. The zero-order valence-electron chi connectivity index (χ0n) is 14.2. The molecule has 7 heteroatoms. The number of amides is 2. The molecule has 0 aliphatic carbocycles. The Morgan fingerprint density at radius 1 is 1.25 bits per heavy atom. The lowest BCUT2D eigenvalue weighted by molar-refractivity contribution is -0.139. The highest BCUT2D eigenvalue weighted by Crippen LogP contribution is 2.18. The summed E-state index contributed by atoms with van der Waals surface area (Å²) < 4.78 is 5.41. The Labute approximate surface area is 141 Å². The van der Waals surface area contributed by atoms with Crippen molar-refractivity contribution in [3.05, 3.63) is 29.8 Å². The summed E-state index contributed by atoms with van der Waals surface area (Å²) in [5.74, 6) is -1.61. The number of nitrogens with one attached hydrogen (secondary N) is 1. The maximum atomic E-state index is 12.4. The molecule has 24 heavy (non-hydrogen) atoms. The number of carboxylic acid groups (broad SMARTS) is 1. The molecule has 0 bridgehead atoms. The Hall–Kier alpha value is -2.57. The minimum Gasteiger partial charge on any atom is -0.483 e. The second-order valence-corrected chi connectivity index (χ2v) is 5.58. The SMILES string of the molecule is CCCC[C@H](NC(=O)c1ccccc1OCC(=O)N(C)C)C(=O)O. The maximum Gasteiger partial charge on any atom is 0.326 e. The summed E-state index contributed by atoms with van der Waals surface area (Å²) in [6.07, 6.45) is 1.90. The van der Waals surface area contributed by atoms with E-state index in [0.717, 1.165) is 6.42 Å². The standard InChI is InChI=1S/C17H24N2O5/c1-4-5-9-13(17(22)23)18-16(21)12-8-6-7-10-14(12)24-11-15(20)19(2)3/h6-8,10,13H,4-5,9,11H2,1-3H3,(H,18,21)(H,22,23)/t13-/m0/s1. The van der Waals surface area contributed by atoms with Crippen molar-refractivity contribution in [1.29, 1.82) is 0 Å². The molecule has 1 aromatic rings. The molecule has 0 spiro atoms. The first kappa shape index (κ1) is 19.5. The van der Waals surface area contributed by atoms with Gasteiger partial charge in [-0.1, -0.05) is 31.9 Å². The molecule has 132 valence electrons. The van der Waals surface area contributed by atoms with Crippen molar-refractivity contribution in [2.24, 2.45) is 0 Å². The molecule has 0 unspecified atom stereocenters. The van der Waals surface area contributed by atoms with Crippen molar-refractivity contribution in [3.8, 4) is 5.75 Å². The van der Waals surface area contributed by atoms with Gasteiger partial charge in [0.25, 0.3) is 11.8 Å². The van der Waals surface area contributed by atoms with Gasteiger partial charge in [0.15, 0.2) is 6.61 Å². The van der Waals surface area contributed by atoms with Crippen LogP contribution in [-0.4, -0.2) is 54.5 Å². The van der Waals surface area contributed by atoms with E-state index < -0.39 is 17.9 Å². The number of nitrogens with zero attached hydrogens (tertiary/aromatic N) is 1. The van der Waals surface area contributed by atoms with E-state index in [-0.39, 0.29) is 23.8 Å². The van der Waals surface area contributed by atoms with Gasteiger partial charge in [0.1, 0.15) is 11.8 Å². The first-order valence-electron chi connectivity index (χ1n) is 7.82. The topological polar surface area (TPSA) is 95.9 Å². The minimum absolute atomic E-state index is 0.199. The summed E-state index contributed by atoms with van der Waals surface area (Å²) in [7, 11) is 3.21. The number of carbonyl (C=O) groups excluding carboxylic acids is 2. The molecule has 0 radical (unpaired) electrons. The highest BCUT2D eigenvalue weighted by Gasteiger charge is 2.22. The van der Waals surface area contributed by atoms with Crippen molar-refractivity contribution in [2.75, 3.05) is 20.7 Å². The number of ether oxygens (including phenoxy) is 1. The van der Waals surface area contributed by atoms with Crippen LogP contribution in [0.4, 0.5) is 0 Å². The molecule has 0 saturated heterocycles. The van der Waals surface area contributed by atoms with E-state index in [2.05, 4.69) is 5.32 Å². The number of carboxylic acids is 1. The van der Waals surface area contributed by atoms with Crippen LogP contribution in [0.5, 0.6) is 5.75 Å². The lowest BCUT2D eigenvalue weighted by Gasteiger charge is -2.16. The number of aliphatic carboxylic acids is 1. The monoisotopic (exact) mass is 336 g/mol. The van der Waals surface area contributed by atoms with Gasteiger partial charge in [0, 0.05) is 14.1 Å². The van der Waals surface area contributed by atoms with Crippen LogP contribution in [0.3, 0.4) is 0 Å². The van der Waals surface area contributed by atoms with E-state index >= 15 is 0 Å². The number of unbranched alkanes of at least 4 members (excludes halogenated alkanes) is 1. The van der Waals surface area contributed by atoms with E-state index in [1.54, 1.807) is 32.3 Å². The first-order chi connectivity index (χ1) is 11.4. The molecule has 0 aliphatic heterocycles. The van der Waals surface area contributed by atoms with Crippen LogP contribution >= 0.6 is 0 Å². The van der Waals surface area contributed by atoms with Gasteiger partial charge in [-0.3, -0.25) is 9.59 Å². The third kappa shape index (κ3) is 5.91. The van der Waals surface area contributed by atoms with Gasteiger partial charge in [-0.25, -0.2) is 4.79 Å². The van der Waals surface area contributed by atoms with Gasteiger partial charge in [-0.05, 0) is 18.6 Å². The third-order valence-electron chi connectivity index (χ3n) is 3.43. The largest absolute Gasteiger partial charge is 0.483 e. The molecule has 7 nitrogen and oxygen atoms in total. The van der Waals surface area contributed by atoms with Gasteiger partial charge in [-0.15, -0.1) is 0 Å². The predicted molar refractivity (Wildman–Crippen MR) is 89.0 cm³/mol. The summed E-state index contributed by atoms with van der Waals surface area (Å²) in [5, 5.41) is 11.7. The van der Waals surface area contributed by atoms with E-state index in [0.29, 0.717) is 12.8 Å². The molecule has 1 atom stereocenters. The lowest BCUT2D eigenvalue weighted by atomic mass is 10.1. The molecule has 1 aromatic carbocycles. The Balaban J connectivity index is 2.82. The summed E-state index contributed by atoms with van der Waals surface area (Å²) >= 11 is 0. The van der Waals surface area contributed by atoms with Crippen molar-refractivity contribution in [2.45, 2.75) is 32.2 Å². The Morgan fingerprint density at radius 2 is 1.92 bits per heavy atom. The van der Waals surface area contributed by atoms with Crippen LogP contribution in [0.2, 0.25) is 0 Å². The Kier molecular flexibility index (Phi) is 7.74. The average molecular weight is 336 g/mol. The van der Waals surface area contributed by atoms with Gasteiger partial charge in [0.2, 0.25) is 0 Å². The van der Waals surface area contributed by atoms with Crippen LogP contribution in [0.15, 0.2) is 24.3 Å². The van der Waals surface area contributed by atoms with Gasteiger partial charge < -0.3 is 20.1 Å². The molecular weight excluding hydrogens is 312 g/mol. The van der Waals surface area contributed by atoms with E-state index in [4.69, 9.17) is 4.74 Å². The van der Waals surface area contributed by atoms with Crippen molar-refractivity contribution in [1.82, 2.24) is 10.2 Å². The highest BCUT2D eigenvalue weighted by atomic mass is 16.5. The quantitative estimate of drug-likeness (QED) is 0.713. The smallest absolute Gasteiger partial charge is 0.326 e. The number of para-hydroxylation sites is 1. The minimum atomic E-state index is -1.07. The fourth-order valence-corrected chi connectivity index (χ4v) is 1.95. The zero-order valence-corrected chi connectivity index (χ0v) is 14.2. The van der Waals surface area contributed by atoms with Crippen LogP contribution < -0.4 is 10.1 Å². The number of benzene rings is 1. The molecule has 0 fully saturated rings. The lowest BCUT2D eigenvalue weighted by Crippen LogP contribution is -2.41. The summed E-state index contributed by atoms with van der Waals surface area (Å²) in [6, 6.07) is 5.48. The molecular formula is C17H24N2O5.